The molecule has 0 radical (unpaired) electrons. The van der Waals surface area contributed by atoms with Gasteiger partial charge in [0.25, 0.3) is 0 Å². The van der Waals surface area contributed by atoms with Crippen molar-refractivity contribution in [2.75, 3.05) is 20.8 Å². The predicted molar refractivity (Wildman–Crippen MR) is 43.5 cm³/mol. The number of rotatable bonds is 5. The van der Waals surface area contributed by atoms with Gasteiger partial charge in [-0.2, -0.15) is 0 Å². The van der Waals surface area contributed by atoms with Crippen molar-refractivity contribution in [3.63, 3.8) is 0 Å². The highest BCUT2D eigenvalue weighted by Crippen LogP contribution is 1.84. The lowest BCUT2D eigenvalue weighted by Gasteiger charge is -1.94. The Labute approximate surface area is 72.3 Å². The Morgan fingerprint density at radius 3 is 2.83 bits per heavy atom. The Morgan fingerprint density at radius 1 is 1.33 bits per heavy atom. The van der Waals surface area contributed by atoms with E-state index in [9.17, 15) is 0 Å². The van der Waals surface area contributed by atoms with E-state index in [4.69, 9.17) is 9.47 Å². The van der Waals surface area contributed by atoms with Crippen LogP contribution in [0.1, 0.15) is 0 Å². The Hall–Kier alpha value is -0.870. The monoisotopic (exact) mass is 171 g/mol. The smallest absolute Gasteiger partial charge is 0.245 e. The highest BCUT2D eigenvalue weighted by Gasteiger charge is 2.01. The standard InChI is InChI=1S/C8H15N2O2/c1-11-6-5-9-3-4-10(7-9)8-12-2/h3-4,7H,5-6,8H2,1-2H3/q+1. The Bertz CT molecular complexity index is 223. The van der Waals surface area contributed by atoms with Gasteiger partial charge in [0, 0.05) is 14.2 Å². The van der Waals surface area contributed by atoms with E-state index in [1.54, 1.807) is 14.2 Å². The molecule has 0 aliphatic carbocycles. The maximum atomic E-state index is 4.96. The second-order valence-electron chi connectivity index (χ2n) is 2.58. The first kappa shape index (κ1) is 9.22. The average molecular weight is 171 g/mol. The van der Waals surface area contributed by atoms with Gasteiger partial charge in [0.1, 0.15) is 18.9 Å². The molecule has 0 fully saturated rings. The molecule has 1 rings (SSSR count). The Morgan fingerprint density at radius 2 is 2.17 bits per heavy atom. The van der Waals surface area contributed by atoms with Gasteiger partial charge in [-0.05, 0) is 0 Å². The molecule has 1 heterocycles. The van der Waals surface area contributed by atoms with Crippen molar-refractivity contribution >= 4 is 0 Å². The number of hydrogen-bond donors (Lipinski definition) is 0. The molecule has 0 amide bonds. The van der Waals surface area contributed by atoms with Crippen molar-refractivity contribution < 1.29 is 14.0 Å². The van der Waals surface area contributed by atoms with E-state index >= 15 is 0 Å². The predicted octanol–water partition coefficient (Wildman–Crippen LogP) is 0.0259. The lowest BCUT2D eigenvalue weighted by Crippen LogP contribution is -2.31. The first-order valence-corrected chi connectivity index (χ1v) is 3.89. The van der Waals surface area contributed by atoms with Crippen molar-refractivity contribution in [3.8, 4) is 0 Å². The van der Waals surface area contributed by atoms with Gasteiger partial charge in [-0.15, -0.1) is 0 Å². The van der Waals surface area contributed by atoms with Gasteiger partial charge in [0.05, 0.1) is 6.61 Å². The molecular weight excluding hydrogens is 156 g/mol. The zero-order chi connectivity index (χ0) is 8.81. The van der Waals surface area contributed by atoms with E-state index in [1.807, 2.05) is 23.3 Å². The fourth-order valence-corrected chi connectivity index (χ4v) is 0.993. The van der Waals surface area contributed by atoms with Crippen LogP contribution in [0, 0.1) is 0 Å². The molecule has 0 aliphatic rings. The van der Waals surface area contributed by atoms with Crippen molar-refractivity contribution in [2.24, 2.45) is 0 Å². The van der Waals surface area contributed by atoms with E-state index in [1.165, 1.54) is 0 Å². The molecule has 0 N–H and O–H groups in total. The lowest BCUT2D eigenvalue weighted by atomic mass is 10.7. The van der Waals surface area contributed by atoms with Crippen LogP contribution in [0.5, 0.6) is 0 Å². The fraction of sp³-hybridized carbons (Fsp3) is 0.625. The number of ether oxygens (including phenoxy) is 2. The van der Waals surface area contributed by atoms with Gasteiger partial charge in [0.2, 0.25) is 6.33 Å². The minimum Gasteiger partial charge on any atom is -0.381 e. The molecule has 0 unspecified atom stereocenters. The van der Waals surface area contributed by atoms with Crippen LogP contribution in [0.3, 0.4) is 0 Å². The van der Waals surface area contributed by atoms with Crippen molar-refractivity contribution in [1.29, 1.82) is 0 Å². The summed E-state index contributed by atoms with van der Waals surface area (Å²) in [5.74, 6) is 0. The molecule has 4 heteroatoms. The largest absolute Gasteiger partial charge is 0.381 e. The van der Waals surface area contributed by atoms with Crippen molar-refractivity contribution in [2.45, 2.75) is 13.3 Å². The van der Waals surface area contributed by atoms with Crippen LogP contribution in [-0.4, -0.2) is 25.4 Å². The summed E-state index contributed by atoms with van der Waals surface area (Å²) in [5.41, 5.74) is 0. The minimum absolute atomic E-state index is 0.597. The molecule has 4 nitrogen and oxygen atoms in total. The molecule has 0 aromatic carbocycles. The van der Waals surface area contributed by atoms with Gasteiger partial charge in [0.15, 0.2) is 6.73 Å². The second kappa shape index (κ2) is 4.90. The molecule has 0 aliphatic heterocycles. The SMILES string of the molecule is COCCn1cc[n+](COC)c1. The van der Waals surface area contributed by atoms with E-state index in [-0.39, 0.29) is 0 Å². The summed E-state index contributed by atoms with van der Waals surface area (Å²) in [6.07, 6.45) is 5.96. The molecular formula is C8H15N2O2+. The molecule has 0 saturated carbocycles. The molecule has 12 heavy (non-hydrogen) atoms. The van der Waals surface area contributed by atoms with Gasteiger partial charge >= 0.3 is 0 Å². The second-order valence-corrected chi connectivity index (χ2v) is 2.58. The summed E-state index contributed by atoms with van der Waals surface area (Å²) in [6.45, 7) is 2.22. The van der Waals surface area contributed by atoms with Crippen LogP contribution in [0.25, 0.3) is 0 Å². The summed E-state index contributed by atoms with van der Waals surface area (Å²) in [4.78, 5) is 0. The summed E-state index contributed by atoms with van der Waals surface area (Å²) < 4.78 is 13.9. The molecule has 0 bridgehead atoms. The molecule has 0 spiro atoms. The molecule has 1 aromatic rings. The fourth-order valence-electron chi connectivity index (χ4n) is 0.993. The first-order valence-electron chi connectivity index (χ1n) is 3.89. The van der Waals surface area contributed by atoms with Crippen LogP contribution in [0.15, 0.2) is 18.7 Å². The summed E-state index contributed by atoms with van der Waals surface area (Å²) in [7, 11) is 3.38. The van der Waals surface area contributed by atoms with E-state index in [2.05, 4.69) is 4.57 Å². The van der Waals surface area contributed by atoms with Gasteiger partial charge in [-0.3, -0.25) is 0 Å². The maximum absolute atomic E-state index is 4.96. The summed E-state index contributed by atoms with van der Waals surface area (Å²) in [6, 6.07) is 0. The van der Waals surface area contributed by atoms with Crippen molar-refractivity contribution in [3.05, 3.63) is 18.7 Å². The van der Waals surface area contributed by atoms with Crippen LogP contribution < -0.4 is 4.57 Å². The number of imidazole rings is 1. The summed E-state index contributed by atoms with van der Waals surface area (Å²) >= 11 is 0. The highest BCUT2D eigenvalue weighted by molar-refractivity contribution is 4.65. The minimum atomic E-state index is 0.597. The van der Waals surface area contributed by atoms with Gasteiger partial charge < -0.3 is 9.47 Å². The summed E-state index contributed by atoms with van der Waals surface area (Å²) in [5, 5.41) is 0. The van der Waals surface area contributed by atoms with E-state index in [0.717, 1.165) is 13.2 Å². The number of methoxy groups -OCH3 is 2. The topological polar surface area (TPSA) is 27.3 Å². The van der Waals surface area contributed by atoms with Gasteiger partial charge in [-0.25, -0.2) is 9.13 Å². The third kappa shape index (κ3) is 2.64. The highest BCUT2D eigenvalue weighted by atomic mass is 16.5. The average Bonchev–Trinajstić information content (AvgIpc) is 2.50. The van der Waals surface area contributed by atoms with Crippen molar-refractivity contribution in [1.82, 2.24) is 4.57 Å². The zero-order valence-electron chi connectivity index (χ0n) is 7.56. The van der Waals surface area contributed by atoms with Gasteiger partial charge in [-0.1, -0.05) is 0 Å². The number of aromatic nitrogens is 2. The van der Waals surface area contributed by atoms with E-state index < -0.39 is 0 Å². The Kier molecular flexibility index (Phi) is 3.76. The normalized spacial score (nSPS) is 10.5. The molecule has 0 saturated heterocycles. The third-order valence-electron chi connectivity index (χ3n) is 1.58. The van der Waals surface area contributed by atoms with Crippen LogP contribution in [0.4, 0.5) is 0 Å². The molecule has 0 atom stereocenters. The van der Waals surface area contributed by atoms with Crippen LogP contribution >= 0.6 is 0 Å². The molecule has 68 valence electrons. The lowest BCUT2D eigenvalue weighted by molar-refractivity contribution is -0.730. The Balaban J connectivity index is 2.41. The third-order valence-corrected chi connectivity index (χ3v) is 1.58. The number of nitrogens with zero attached hydrogens (tertiary/aromatic N) is 2. The molecule has 1 aromatic heterocycles. The van der Waals surface area contributed by atoms with Crippen LogP contribution in [0.2, 0.25) is 0 Å². The quantitative estimate of drug-likeness (QED) is 0.584. The number of hydrogen-bond acceptors (Lipinski definition) is 2. The van der Waals surface area contributed by atoms with E-state index in [0.29, 0.717) is 6.73 Å². The maximum Gasteiger partial charge on any atom is 0.245 e. The van der Waals surface area contributed by atoms with Crippen LogP contribution in [-0.2, 0) is 22.7 Å². The zero-order valence-corrected chi connectivity index (χ0v) is 7.56. The first-order chi connectivity index (χ1) is 5.86.